The molecule has 0 unspecified atom stereocenters. The minimum Gasteiger partial charge on any atom is -0.366 e. The zero-order valence-corrected chi connectivity index (χ0v) is 9.10. The number of nitrogens with two attached hydrogens (primary N) is 2. The summed E-state index contributed by atoms with van der Waals surface area (Å²) in [6, 6.07) is 4.10. The predicted molar refractivity (Wildman–Crippen MR) is 62.2 cm³/mol. The molecule has 1 aliphatic carbocycles. The summed E-state index contributed by atoms with van der Waals surface area (Å²) in [7, 11) is 0. The van der Waals surface area contributed by atoms with Crippen LogP contribution in [-0.4, -0.2) is 30.0 Å². The molecular weight excluding hydrogens is 204 g/mol. The maximum Gasteiger partial charge on any atom is 0.250 e. The van der Waals surface area contributed by atoms with Gasteiger partial charge >= 0.3 is 0 Å². The Morgan fingerprint density at radius 3 is 2.69 bits per heavy atom. The molecule has 1 aromatic heterocycles. The average molecular weight is 220 g/mol. The smallest absolute Gasteiger partial charge is 0.250 e. The molecule has 0 aliphatic heterocycles. The van der Waals surface area contributed by atoms with Gasteiger partial charge in [-0.25, -0.2) is 4.98 Å². The van der Waals surface area contributed by atoms with E-state index in [4.69, 9.17) is 11.5 Å². The van der Waals surface area contributed by atoms with E-state index in [0.29, 0.717) is 18.2 Å². The molecule has 0 atom stereocenters. The van der Waals surface area contributed by atoms with Crippen molar-refractivity contribution in [1.29, 1.82) is 0 Å². The Bertz CT molecular complexity index is 372. The molecule has 0 spiro atoms. The molecule has 1 saturated carbocycles. The number of amides is 1. The molecule has 0 aromatic carbocycles. The molecule has 1 heterocycles. The van der Waals surface area contributed by atoms with Gasteiger partial charge in [0, 0.05) is 25.3 Å². The molecule has 1 fully saturated rings. The summed E-state index contributed by atoms with van der Waals surface area (Å²) < 4.78 is 0. The molecule has 5 heteroatoms. The van der Waals surface area contributed by atoms with Crippen LogP contribution in [0.15, 0.2) is 18.3 Å². The van der Waals surface area contributed by atoms with E-state index in [1.165, 1.54) is 19.0 Å². The minimum absolute atomic E-state index is 0.437. The van der Waals surface area contributed by atoms with Crippen molar-refractivity contribution < 1.29 is 4.79 Å². The van der Waals surface area contributed by atoms with Gasteiger partial charge in [0.1, 0.15) is 5.82 Å². The second-order valence-corrected chi connectivity index (χ2v) is 3.98. The number of hydrogen-bond acceptors (Lipinski definition) is 4. The quantitative estimate of drug-likeness (QED) is 0.737. The number of hydrogen-bond donors (Lipinski definition) is 2. The lowest BCUT2D eigenvalue weighted by Crippen LogP contribution is -2.32. The minimum atomic E-state index is -0.448. The topological polar surface area (TPSA) is 85.2 Å². The highest BCUT2D eigenvalue weighted by Crippen LogP contribution is 2.30. The molecule has 16 heavy (non-hydrogen) atoms. The van der Waals surface area contributed by atoms with Crippen LogP contribution in [0, 0.1) is 0 Å². The fraction of sp³-hybridized carbons (Fsp3) is 0.455. The molecule has 1 aliphatic rings. The predicted octanol–water partition coefficient (Wildman–Crippen LogP) is 0.108. The van der Waals surface area contributed by atoms with Crippen LogP contribution >= 0.6 is 0 Å². The number of rotatable bonds is 5. The normalized spacial score (nSPS) is 14.8. The first-order chi connectivity index (χ1) is 7.72. The van der Waals surface area contributed by atoms with Gasteiger partial charge in [0.25, 0.3) is 0 Å². The Morgan fingerprint density at radius 2 is 2.25 bits per heavy atom. The highest BCUT2D eigenvalue weighted by Gasteiger charge is 2.29. The molecule has 4 N–H and O–H groups in total. The summed E-state index contributed by atoms with van der Waals surface area (Å²) in [5.41, 5.74) is 11.2. The van der Waals surface area contributed by atoms with Crippen LogP contribution in [0.3, 0.4) is 0 Å². The van der Waals surface area contributed by atoms with E-state index < -0.39 is 5.91 Å². The standard InChI is InChI=1S/C11H16N4O/c12-5-6-15(9-2-3-9)10-4-1-8(7-14-10)11(13)16/h1,4,7,9H,2-3,5-6,12H2,(H2,13,16). The number of nitrogens with zero attached hydrogens (tertiary/aromatic N) is 2. The fourth-order valence-corrected chi connectivity index (χ4v) is 1.71. The Morgan fingerprint density at radius 1 is 1.50 bits per heavy atom. The third-order valence-corrected chi connectivity index (χ3v) is 2.68. The van der Waals surface area contributed by atoms with Crippen LogP contribution in [0.2, 0.25) is 0 Å². The van der Waals surface area contributed by atoms with Gasteiger partial charge in [-0.1, -0.05) is 0 Å². The Labute approximate surface area is 94.4 Å². The first-order valence-electron chi connectivity index (χ1n) is 5.45. The first kappa shape index (κ1) is 10.9. The second-order valence-electron chi connectivity index (χ2n) is 3.98. The summed E-state index contributed by atoms with van der Waals surface area (Å²) in [6.45, 7) is 1.41. The van der Waals surface area contributed by atoms with Crippen LogP contribution in [0.4, 0.5) is 5.82 Å². The molecule has 0 saturated heterocycles. The zero-order chi connectivity index (χ0) is 11.5. The molecule has 1 amide bonds. The number of carbonyl (C=O) groups is 1. The SMILES string of the molecule is NCCN(c1ccc(C(N)=O)cn1)C1CC1. The molecule has 86 valence electrons. The highest BCUT2D eigenvalue weighted by atomic mass is 16.1. The highest BCUT2D eigenvalue weighted by molar-refractivity contribution is 5.92. The Balaban J connectivity index is 2.14. The van der Waals surface area contributed by atoms with Crippen LogP contribution in [0.25, 0.3) is 0 Å². The zero-order valence-electron chi connectivity index (χ0n) is 9.10. The molecule has 0 bridgehead atoms. The summed E-state index contributed by atoms with van der Waals surface area (Å²) in [5.74, 6) is 0.425. The fourth-order valence-electron chi connectivity index (χ4n) is 1.71. The van der Waals surface area contributed by atoms with Crippen molar-refractivity contribution in [3.05, 3.63) is 23.9 Å². The number of pyridine rings is 1. The van der Waals surface area contributed by atoms with E-state index in [9.17, 15) is 4.79 Å². The van der Waals surface area contributed by atoms with Crippen LogP contribution in [0.1, 0.15) is 23.2 Å². The third-order valence-electron chi connectivity index (χ3n) is 2.68. The number of primary amides is 1. The van der Waals surface area contributed by atoms with Gasteiger partial charge in [0.15, 0.2) is 0 Å². The largest absolute Gasteiger partial charge is 0.366 e. The number of anilines is 1. The van der Waals surface area contributed by atoms with Gasteiger partial charge in [-0.3, -0.25) is 4.79 Å². The van der Waals surface area contributed by atoms with Crippen molar-refractivity contribution in [2.75, 3.05) is 18.0 Å². The number of carbonyl (C=O) groups excluding carboxylic acids is 1. The van der Waals surface area contributed by atoms with Gasteiger partial charge in [-0.05, 0) is 25.0 Å². The van der Waals surface area contributed by atoms with Crippen molar-refractivity contribution in [1.82, 2.24) is 4.98 Å². The van der Waals surface area contributed by atoms with Crippen molar-refractivity contribution >= 4 is 11.7 Å². The van der Waals surface area contributed by atoms with Gasteiger partial charge in [0.05, 0.1) is 5.56 Å². The van der Waals surface area contributed by atoms with Gasteiger partial charge < -0.3 is 16.4 Å². The van der Waals surface area contributed by atoms with Crippen molar-refractivity contribution in [2.24, 2.45) is 11.5 Å². The molecule has 0 radical (unpaired) electrons. The molecule has 5 nitrogen and oxygen atoms in total. The van der Waals surface area contributed by atoms with E-state index in [1.54, 1.807) is 6.07 Å². The molecular formula is C11H16N4O. The van der Waals surface area contributed by atoms with Crippen molar-refractivity contribution in [3.63, 3.8) is 0 Å². The summed E-state index contributed by atoms with van der Waals surface area (Å²) >= 11 is 0. The van der Waals surface area contributed by atoms with Crippen molar-refractivity contribution in [3.8, 4) is 0 Å². The van der Waals surface area contributed by atoms with E-state index in [0.717, 1.165) is 12.4 Å². The second kappa shape index (κ2) is 4.49. The van der Waals surface area contributed by atoms with E-state index in [2.05, 4.69) is 9.88 Å². The lowest BCUT2D eigenvalue weighted by Gasteiger charge is -2.22. The van der Waals surface area contributed by atoms with Crippen LogP contribution in [0.5, 0.6) is 0 Å². The van der Waals surface area contributed by atoms with Gasteiger partial charge in [-0.2, -0.15) is 0 Å². The summed E-state index contributed by atoms with van der Waals surface area (Å²) in [4.78, 5) is 17.3. The lowest BCUT2D eigenvalue weighted by atomic mass is 10.2. The first-order valence-corrected chi connectivity index (χ1v) is 5.45. The maximum absolute atomic E-state index is 10.9. The Kier molecular flexibility index (Phi) is 3.05. The van der Waals surface area contributed by atoms with Crippen molar-refractivity contribution in [2.45, 2.75) is 18.9 Å². The summed E-state index contributed by atoms with van der Waals surface area (Å²) in [5, 5.41) is 0. The monoisotopic (exact) mass is 220 g/mol. The van der Waals surface area contributed by atoms with E-state index in [-0.39, 0.29) is 0 Å². The van der Waals surface area contributed by atoms with Gasteiger partial charge in [-0.15, -0.1) is 0 Å². The molecule has 1 aromatic rings. The average Bonchev–Trinajstić information content (AvgIpc) is 3.10. The van der Waals surface area contributed by atoms with Gasteiger partial charge in [0.2, 0.25) is 5.91 Å². The van der Waals surface area contributed by atoms with E-state index in [1.807, 2.05) is 6.07 Å². The van der Waals surface area contributed by atoms with E-state index >= 15 is 0 Å². The number of aromatic nitrogens is 1. The van der Waals surface area contributed by atoms with Crippen LogP contribution in [-0.2, 0) is 0 Å². The Hall–Kier alpha value is -1.62. The lowest BCUT2D eigenvalue weighted by molar-refractivity contribution is 0.1000. The third kappa shape index (κ3) is 2.30. The summed E-state index contributed by atoms with van der Waals surface area (Å²) in [6.07, 6.45) is 3.90. The molecule has 2 rings (SSSR count). The maximum atomic E-state index is 10.9. The van der Waals surface area contributed by atoms with Crippen LogP contribution < -0.4 is 16.4 Å².